The van der Waals surface area contributed by atoms with E-state index in [9.17, 15) is 5.11 Å². The smallest absolute Gasteiger partial charge is 0.126 e. The average Bonchev–Trinajstić information content (AvgIpc) is 2.98. The number of aliphatic hydroxyl groups is 1. The molecule has 1 unspecified atom stereocenters. The summed E-state index contributed by atoms with van der Waals surface area (Å²) in [5.74, 6) is 0.863. The van der Waals surface area contributed by atoms with E-state index in [1.165, 1.54) is 0 Å². The molecule has 1 aromatic carbocycles. The summed E-state index contributed by atoms with van der Waals surface area (Å²) in [5.41, 5.74) is 2.63. The second-order valence-corrected chi connectivity index (χ2v) is 5.20. The molecule has 2 heterocycles. The van der Waals surface area contributed by atoms with Crippen LogP contribution in [0.1, 0.15) is 22.9 Å². The highest BCUT2D eigenvalue weighted by Gasteiger charge is 2.21. The first-order chi connectivity index (χ1) is 8.74. The topological polar surface area (TPSA) is 55.2 Å². The van der Waals surface area contributed by atoms with E-state index in [4.69, 9.17) is 16.3 Å². The number of halogens is 1. The van der Waals surface area contributed by atoms with E-state index >= 15 is 0 Å². The van der Waals surface area contributed by atoms with E-state index in [-0.39, 0.29) is 0 Å². The fourth-order valence-electron chi connectivity index (χ4n) is 2.13. The zero-order valence-electron chi connectivity index (χ0n) is 9.47. The van der Waals surface area contributed by atoms with Gasteiger partial charge >= 0.3 is 0 Å². The van der Waals surface area contributed by atoms with Gasteiger partial charge < -0.3 is 9.84 Å². The Kier molecular flexibility index (Phi) is 3.20. The Hall–Kier alpha value is -1.17. The second-order valence-electron chi connectivity index (χ2n) is 4.20. The first-order valence-electron chi connectivity index (χ1n) is 5.63. The van der Waals surface area contributed by atoms with Crippen molar-refractivity contribution in [2.75, 3.05) is 6.61 Å². The molecule has 0 bridgehead atoms. The summed E-state index contributed by atoms with van der Waals surface area (Å²) in [6.45, 7) is 0.678. The van der Waals surface area contributed by atoms with Crippen molar-refractivity contribution in [3.8, 4) is 5.75 Å². The lowest BCUT2D eigenvalue weighted by molar-refractivity contribution is 0.173. The van der Waals surface area contributed by atoms with E-state index in [0.717, 1.165) is 35.0 Å². The van der Waals surface area contributed by atoms with Gasteiger partial charge in [0.05, 0.1) is 24.5 Å². The predicted molar refractivity (Wildman–Crippen MR) is 69.2 cm³/mol. The highest BCUT2D eigenvalue weighted by atomic mass is 35.5. The second kappa shape index (κ2) is 4.84. The molecule has 0 saturated heterocycles. The Balaban J connectivity index is 1.89. The summed E-state index contributed by atoms with van der Waals surface area (Å²) in [7, 11) is 0. The van der Waals surface area contributed by atoms with Gasteiger partial charge in [-0.15, -0.1) is 0 Å². The van der Waals surface area contributed by atoms with Gasteiger partial charge in [-0.1, -0.05) is 11.6 Å². The molecule has 0 saturated carbocycles. The molecule has 1 N–H and O–H groups in total. The van der Waals surface area contributed by atoms with Gasteiger partial charge in [-0.05, 0) is 23.3 Å². The Morgan fingerprint density at radius 2 is 2.39 bits per heavy atom. The van der Waals surface area contributed by atoms with Gasteiger partial charge in [0.2, 0.25) is 0 Å². The minimum absolute atomic E-state index is 0.439. The quantitative estimate of drug-likeness (QED) is 0.939. The van der Waals surface area contributed by atoms with Crippen LogP contribution in [-0.2, 0) is 12.8 Å². The van der Waals surface area contributed by atoms with Gasteiger partial charge in [-0.25, -0.2) is 0 Å². The number of hydrogen-bond donors (Lipinski definition) is 1. The minimum Gasteiger partial charge on any atom is -0.493 e. The zero-order chi connectivity index (χ0) is 12.5. The number of nitrogens with zero attached hydrogens (tertiary/aromatic N) is 2. The summed E-state index contributed by atoms with van der Waals surface area (Å²) in [5, 5.41) is 10.8. The number of rotatable bonds is 3. The van der Waals surface area contributed by atoms with Crippen molar-refractivity contribution in [3.05, 3.63) is 40.2 Å². The largest absolute Gasteiger partial charge is 0.493 e. The molecule has 1 aromatic heterocycles. The first-order valence-corrected chi connectivity index (χ1v) is 6.74. The van der Waals surface area contributed by atoms with Crippen LogP contribution in [0.4, 0.5) is 0 Å². The van der Waals surface area contributed by atoms with Crippen LogP contribution >= 0.6 is 23.3 Å². The fourth-order valence-corrected chi connectivity index (χ4v) is 2.86. The molecule has 1 atom stereocenters. The van der Waals surface area contributed by atoms with E-state index in [1.807, 2.05) is 12.1 Å². The van der Waals surface area contributed by atoms with Crippen molar-refractivity contribution >= 4 is 23.3 Å². The molecule has 0 fully saturated rings. The van der Waals surface area contributed by atoms with Gasteiger partial charge in [-0.2, -0.15) is 8.75 Å². The number of ether oxygens (including phenoxy) is 1. The number of benzene rings is 1. The normalized spacial score (nSPS) is 15.2. The summed E-state index contributed by atoms with van der Waals surface area (Å²) < 4.78 is 13.5. The summed E-state index contributed by atoms with van der Waals surface area (Å²) >= 11 is 7.16. The Labute approximate surface area is 114 Å². The van der Waals surface area contributed by atoms with Crippen molar-refractivity contribution < 1.29 is 9.84 Å². The van der Waals surface area contributed by atoms with E-state index in [1.54, 1.807) is 6.20 Å². The molecular formula is C12H11ClN2O2S. The molecule has 18 heavy (non-hydrogen) atoms. The highest BCUT2D eigenvalue weighted by Crippen LogP contribution is 2.35. The van der Waals surface area contributed by atoms with E-state index in [0.29, 0.717) is 23.7 Å². The van der Waals surface area contributed by atoms with Crippen LogP contribution in [0.5, 0.6) is 5.75 Å². The lowest BCUT2D eigenvalue weighted by Crippen LogP contribution is -2.03. The zero-order valence-corrected chi connectivity index (χ0v) is 11.0. The summed E-state index contributed by atoms with van der Waals surface area (Å²) in [6, 6.07) is 3.76. The van der Waals surface area contributed by atoms with Crippen LogP contribution in [0.25, 0.3) is 0 Å². The van der Waals surface area contributed by atoms with Crippen LogP contribution in [-0.4, -0.2) is 20.5 Å². The SMILES string of the molecule is OC(Cc1cc(Cl)cc2c1OCC2)c1cnsn1. The molecule has 1 aliphatic rings. The Bertz CT molecular complexity index is 559. The lowest BCUT2D eigenvalue weighted by atomic mass is 10.0. The number of aliphatic hydroxyl groups excluding tert-OH is 1. The lowest BCUT2D eigenvalue weighted by Gasteiger charge is -2.12. The molecule has 1 aliphatic heterocycles. The monoisotopic (exact) mass is 282 g/mol. The number of hydrogen-bond acceptors (Lipinski definition) is 5. The predicted octanol–water partition coefficient (Wildman–Crippen LogP) is 2.40. The van der Waals surface area contributed by atoms with Crippen molar-refractivity contribution in [2.24, 2.45) is 0 Å². The van der Waals surface area contributed by atoms with Gasteiger partial charge in [-0.3, -0.25) is 0 Å². The number of aromatic nitrogens is 2. The van der Waals surface area contributed by atoms with E-state index in [2.05, 4.69) is 8.75 Å². The highest BCUT2D eigenvalue weighted by molar-refractivity contribution is 6.99. The minimum atomic E-state index is -0.671. The maximum atomic E-state index is 10.1. The van der Waals surface area contributed by atoms with Crippen molar-refractivity contribution in [1.82, 2.24) is 8.75 Å². The molecule has 6 heteroatoms. The average molecular weight is 283 g/mol. The molecule has 0 amide bonds. The third-order valence-corrected chi connectivity index (χ3v) is 3.67. The van der Waals surface area contributed by atoms with Gasteiger partial charge in [0.25, 0.3) is 0 Å². The fraction of sp³-hybridized carbons (Fsp3) is 0.333. The third-order valence-electron chi connectivity index (χ3n) is 2.96. The maximum Gasteiger partial charge on any atom is 0.126 e. The number of fused-ring (bicyclic) bond motifs is 1. The standard InChI is InChI=1S/C12H11ClN2O2S/c13-9-3-7-1-2-17-12(7)8(4-9)5-11(16)10-6-14-18-15-10/h3-4,6,11,16H,1-2,5H2. The first kappa shape index (κ1) is 11.9. The molecule has 94 valence electrons. The van der Waals surface area contributed by atoms with Crippen LogP contribution in [0.3, 0.4) is 0 Å². The Morgan fingerprint density at radius 3 is 3.17 bits per heavy atom. The molecule has 0 spiro atoms. The molecule has 4 nitrogen and oxygen atoms in total. The van der Waals surface area contributed by atoms with Crippen molar-refractivity contribution in [3.63, 3.8) is 0 Å². The summed E-state index contributed by atoms with van der Waals surface area (Å²) in [4.78, 5) is 0. The van der Waals surface area contributed by atoms with Crippen LogP contribution in [0, 0.1) is 0 Å². The molecule has 3 rings (SSSR count). The van der Waals surface area contributed by atoms with Crippen LogP contribution < -0.4 is 4.74 Å². The molecule has 2 aromatic rings. The van der Waals surface area contributed by atoms with E-state index < -0.39 is 6.10 Å². The summed E-state index contributed by atoms with van der Waals surface area (Å²) in [6.07, 6.45) is 2.22. The van der Waals surface area contributed by atoms with Crippen LogP contribution in [0.15, 0.2) is 18.3 Å². The molecular weight excluding hydrogens is 272 g/mol. The molecule has 0 aliphatic carbocycles. The van der Waals surface area contributed by atoms with Gasteiger partial charge in [0.15, 0.2) is 0 Å². The van der Waals surface area contributed by atoms with Gasteiger partial charge in [0.1, 0.15) is 17.5 Å². The van der Waals surface area contributed by atoms with Crippen LogP contribution in [0.2, 0.25) is 5.02 Å². The Morgan fingerprint density at radius 1 is 1.50 bits per heavy atom. The third kappa shape index (κ3) is 2.21. The maximum absolute atomic E-state index is 10.1. The van der Waals surface area contributed by atoms with Crippen molar-refractivity contribution in [2.45, 2.75) is 18.9 Å². The molecule has 0 radical (unpaired) electrons. The van der Waals surface area contributed by atoms with Crippen molar-refractivity contribution in [1.29, 1.82) is 0 Å². The van der Waals surface area contributed by atoms with Gasteiger partial charge in [0, 0.05) is 17.9 Å².